The van der Waals surface area contributed by atoms with Gasteiger partial charge in [-0.15, -0.1) is 0 Å². The SMILES string of the molecule is CCOC(=O)CC1=Cc2ccccc2N(S(C)(=O)=O)C1. The number of ether oxygens (including phenoxy) is 1. The molecule has 108 valence electrons. The Morgan fingerprint density at radius 3 is 2.70 bits per heavy atom. The van der Waals surface area contributed by atoms with Crippen LogP contribution in [-0.4, -0.2) is 33.8 Å². The molecule has 0 aliphatic carbocycles. The number of para-hydroxylation sites is 1. The van der Waals surface area contributed by atoms with E-state index in [4.69, 9.17) is 4.74 Å². The van der Waals surface area contributed by atoms with Crippen molar-refractivity contribution >= 4 is 27.8 Å². The van der Waals surface area contributed by atoms with Gasteiger partial charge in [0.2, 0.25) is 10.0 Å². The summed E-state index contributed by atoms with van der Waals surface area (Å²) >= 11 is 0. The Morgan fingerprint density at radius 1 is 1.35 bits per heavy atom. The van der Waals surface area contributed by atoms with Crippen molar-refractivity contribution in [1.29, 1.82) is 0 Å². The Kier molecular flexibility index (Phi) is 4.13. The highest BCUT2D eigenvalue weighted by atomic mass is 32.2. The molecule has 0 saturated carbocycles. The lowest BCUT2D eigenvalue weighted by molar-refractivity contribution is -0.142. The summed E-state index contributed by atoms with van der Waals surface area (Å²) in [7, 11) is -3.38. The smallest absolute Gasteiger partial charge is 0.309 e. The molecule has 1 aromatic rings. The Morgan fingerprint density at radius 2 is 2.05 bits per heavy atom. The maximum absolute atomic E-state index is 11.9. The predicted octanol–water partition coefficient (Wildman–Crippen LogP) is 1.80. The van der Waals surface area contributed by atoms with Crippen LogP contribution in [0.1, 0.15) is 18.9 Å². The molecule has 0 spiro atoms. The molecule has 0 fully saturated rings. The Bertz CT molecular complexity index is 649. The van der Waals surface area contributed by atoms with E-state index in [0.717, 1.165) is 17.4 Å². The van der Waals surface area contributed by atoms with E-state index in [1.807, 2.05) is 18.2 Å². The van der Waals surface area contributed by atoms with Gasteiger partial charge in [0.05, 0.1) is 31.5 Å². The van der Waals surface area contributed by atoms with Gasteiger partial charge >= 0.3 is 5.97 Å². The highest BCUT2D eigenvalue weighted by Gasteiger charge is 2.25. The first-order valence-electron chi connectivity index (χ1n) is 6.33. The predicted molar refractivity (Wildman–Crippen MR) is 77.9 cm³/mol. The van der Waals surface area contributed by atoms with E-state index in [9.17, 15) is 13.2 Å². The lowest BCUT2D eigenvalue weighted by atomic mass is 10.0. The summed E-state index contributed by atoms with van der Waals surface area (Å²) in [6.07, 6.45) is 3.12. The first kappa shape index (κ1) is 14.6. The molecule has 1 aliphatic rings. The van der Waals surface area contributed by atoms with Crippen molar-refractivity contribution in [2.24, 2.45) is 0 Å². The van der Waals surface area contributed by atoms with Gasteiger partial charge in [0.25, 0.3) is 0 Å². The van der Waals surface area contributed by atoms with E-state index in [1.54, 1.807) is 19.1 Å². The third kappa shape index (κ3) is 3.19. The van der Waals surface area contributed by atoms with Crippen molar-refractivity contribution in [1.82, 2.24) is 0 Å². The Balaban J connectivity index is 2.35. The first-order valence-corrected chi connectivity index (χ1v) is 8.18. The summed E-state index contributed by atoms with van der Waals surface area (Å²) in [4.78, 5) is 11.5. The van der Waals surface area contributed by atoms with Gasteiger partial charge in [0, 0.05) is 0 Å². The number of anilines is 1. The van der Waals surface area contributed by atoms with Crippen LogP contribution >= 0.6 is 0 Å². The molecule has 2 rings (SSSR count). The van der Waals surface area contributed by atoms with Gasteiger partial charge in [-0.3, -0.25) is 9.10 Å². The number of rotatable bonds is 4. The Hall–Kier alpha value is -1.82. The molecule has 6 heteroatoms. The maximum atomic E-state index is 11.9. The quantitative estimate of drug-likeness (QED) is 0.795. The van der Waals surface area contributed by atoms with E-state index in [2.05, 4.69) is 0 Å². The fourth-order valence-corrected chi connectivity index (χ4v) is 3.10. The molecule has 0 amide bonds. The van der Waals surface area contributed by atoms with E-state index in [-0.39, 0.29) is 18.9 Å². The maximum Gasteiger partial charge on any atom is 0.309 e. The number of esters is 1. The highest BCUT2D eigenvalue weighted by molar-refractivity contribution is 7.92. The number of fused-ring (bicyclic) bond motifs is 1. The highest BCUT2D eigenvalue weighted by Crippen LogP contribution is 2.31. The second kappa shape index (κ2) is 5.66. The number of nitrogens with zero attached hydrogens (tertiary/aromatic N) is 1. The molecule has 5 nitrogen and oxygen atoms in total. The topological polar surface area (TPSA) is 63.7 Å². The van der Waals surface area contributed by atoms with Crippen molar-refractivity contribution in [3.05, 3.63) is 35.4 Å². The number of carbonyl (C=O) groups excluding carboxylic acids is 1. The molecular weight excluding hydrogens is 278 g/mol. The van der Waals surface area contributed by atoms with E-state index in [0.29, 0.717) is 12.3 Å². The van der Waals surface area contributed by atoms with Gasteiger partial charge in [-0.2, -0.15) is 0 Å². The minimum Gasteiger partial charge on any atom is -0.466 e. The summed E-state index contributed by atoms with van der Waals surface area (Å²) in [5, 5.41) is 0. The van der Waals surface area contributed by atoms with Crippen LogP contribution in [0.2, 0.25) is 0 Å². The van der Waals surface area contributed by atoms with Crippen LogP contribution in [0.15, 0.2) is 29.8 Å². The minimum absolute atomic E-state index is 0.105. The lowest BCUT2D eigenvalue weighted by Crippen LogP contribution is -2.34. The van der Waals surface area contributed by atoms with Gasteiger partial charge in [0.15, 0.2) is 0 Å². The average Bonchev–Trinajstić information content (AvgIpc) is 2.37. The Labute approximate surface area is 118 Å². The minimum atomic E-state index is -3.38. The van der Waals surface area contributed by atoms with Gasteiger partial charge < -0.3 is 4.74 Å². The molecule has 1 heterocycles. The molecule has 0 unspecified atom stereocenters. The summed E-state index contributed by atoms with van der Waals surface area (Å²) in [6.45, 7) is 2.25. The third-order valence-electron chi connectivity index (χ3n) is 2.99. The summed E-state index contributed by atoms with van der Waals surface area (Å²) in [5.74, 6) is -0.341. The second-order valence-electron chi connectivity index (χ2n) is 4.61. The fraction of sp³-hybridized carbons (Fsp3) is 0.357. The molecule has 1 aromatic carbocycles. The van der Waals surface area contributed by atoms with E-state index in [1.165, 1.54) is 4.31 Å². The van der Waals surface area contributed by atoms with Crippen LogP contribution < -0.4 is 4.31 Å². The van der Waals surface area contributed by atoms with Crippen LogP contribution in [0.5, 0.6) is 0 Å². The lowest BCUT2D eigenvalue weighted by Gasteiger charge is -2.29. The van der Waals surface area contributed by atoms with Crippen LogP contribution in [0.25, 0.3) is 6.08 Å². The van der Waals surface area contributed by atoms with Crippen LogP contribution in [0.3, 0.4) is 0 Å². The molecule has 20 heavy (non-hydrogen) atoms. The van der Waals surface area contributed by atoms with Crippen molar-refractivity contribution < 1.29 is 17.9 Å². The number of sulfonamides is 1. The second-order valence-corrected chi connectivity index (χ2v) is 6.52. The standard InChI is InChI=1S/C14H17NO4S/c1-3-19-14(16)9-11-8-12-6-4-5-7-13(12)15(10-11)20(2,17)18/h4-8H,3,9-10H2,1-2H3. The van der Waals surface area contributed by atoms with Crippen LogP contribution in [0, 0.1) is 0 Å². The summed E-state index contributed by atoms with van der Waals surface area (Å²) in [5.41, 5.74) is 2.17. The summed E-state index contributed by atoms with van der Waals surface area (Å²) in [6, 6.07) is 7.22. The molecular formula is C14H17NO4S. The zero-order valence-corrected chi connectivity index (χ0v) is 12.3. The largest absolute Gasteiger partial charge is 0.466 e. The van der Waals surface area contributed by atoms with Gasteiger partial charge in [0.1, 0.15) is 0 Å². The number of hydrogen-bond donors (Lipinski definition) is 0. The third-order valence-corrected chi connectivity index (χ3v) is 4.12. The normalized spacial score (nSPS) is 14.5. The van der Waals surface area contributed by atoms with Crippen molar-refractivity contribution in [3.8, 4) is 0 Å². The fourth-order valence-electron chi connectivity index (χ4n) is 2.17. The van der Waals surface area contributed by atoms with E-state index < -0.39 is 10.0 Å². The molecule has 0 N–H and O–H groups in total. The van der Waals surface area contributed by atoms with Crippen LogP contribution in [0.4, 0.5) is 5.69 Å². The van der Waals surface area contributed by atoms with Crippen molar-refractivity contribution in [2.45, 2.75) is 13.3 Å². The molecule has 1 aliphatic heterocycles. The first-order chi connectivity index (χ1) is 9.41. The molecule has 0 bridgehead atoms. The molecule has 0 aromatic heterocycles. The van der Waals surface area contributed by atoms with Gasteiger partial charge in [-0.1, -0.05) is 24.3 Å². The molecule has 0 radical (unpaired) electrons. The van der Waals surface area contributed by atoms with Gasteiger partial charge in [-0.05, 0) is 24.1 Å². The molecule has 0 saturated heterocycles. The zero-order valence-electron chi connectivity index (χ0n) is 11.5. The van der Waals surface area contributed by atoms with E-state index >= 15 is 0 Å². The number of benzene rings is 1. The molecule has 0 atom stereocenters. The van der Waals surface area contributed by atoms with Crippen LogP contribution in [-0.2, 0) is 19.6 Å². The van der Waals surface area contributed by atoms with Crippen molar-refractivity contribution in [2.75, 3.05) is 23.7 Å². The van der Waals surface area contributed by atoms with Gasteiger partial charge in [-0.25, -0.2) is 8.42 Å². The zero-order chi connectivity index (χ0) is 14.8. The summed E-state index contributed by atoms with van der Waals surface area (Å²) < 4.78 is 30.0. The number of carbonyl (C=O) groups is 1. The monoisotopic (exact) mass is 295 g/mol. The number of hydrogen-bond acceptors (Lipinski definition) is 4. The average molecular weight is 295 g/mol. The van der Waals surface area contributed by atoms with Crippen molar-refractivity contribution in [3.63, 3.8) is 0 Å².